The van der Waals surface area contributed by atoms with Crippen LogP contribution in [0.4, 0.5) is 0 Å². The number of ether oxygens (including phenoxy) is 1. The summed E-state index contributed by atoms with van der Waals surface area (Å²) in [6.45, 7) is 15.3. The van der Waals surface area contributed by atoms with Gasteiger partial charge in [0.15, 0.2) is 0 Å². The molecule has 7 atom stereocenters. The molecule has 0 saturated carbocycles. The zero-order valence-electron chi connectivity index (χ0n) is 25.6. The van der Waals surface area contributed by atoms with E-state index in [-0.39, 0.29) is 30.2 Å². The van der Waals surface area contributed by atoms with Crippen molar-refractivity contribution in [3.63, 3.8) is 0 Å². The third kappa shape index (κ3) is 5.80. The lowest BCUT2D eigenvalue weighted by Gasteiger charge is -2.41. The van der Waals surface area contributed by atoms with E-state index in [9.17, 15) is 19.5 Å². The minimum atomic E-state index is -1.10. The van der Waals surface area contributed by atoms with Gasteiger partial charge in [0.05, 0.1) is 30.6 Å². The van der Waals surface area contributed by atoms with Crippen molar-refractivity contribution in [3.05, 3.63) is 61.2 Å². The normalized spacial score (nSPS) is 27.4. The first kappa shape index (κ1) is 32.0. The quantitative estimate of drug-likeness (QED) is 0.234. The van der Waals surface area contributed by atoms with E-state index in [0.29, 0.717) is 39.0 Å². The Morgan fingerprint density at radius 1 is 1.12 bits per heavy atom. The number of carbonyl (C=O) groups excluding carboxylic acids is 3. The Morgan fingerprint density at radius 2 is 1.81 bits per heavy atom. The maximum Gasteiger partial charge on any atom is 0.248 e. The van der Waals surface area contributed by atoms with E-state index in [1.165, 1.54) is 0 Å². The first-order valence-electron chi connectivity index (χ1n) is 15.7. The van der Waals surface area contributed by atoms with Crippen LogP contribution in [0.15, 0.2) is 55.6 Å². The molecule has 2 bridgehead atoms. The third-order valence-corrected chi connectivity index (χ3v) is 9.67. The monoisotopic (exact) mass is 579 g/mol. The molecule has 2 unspecified atom stereocenters. The fourth-order valence-corrected chi connectivity index (χ4v) is 7.40. The van der Waals surface area contributed by atoms with Crippen LogP contribution in [0.3, 0.4) is 0 Å². The summed E-state index contributed by atoms with van der Waals surface area (Å²) in [4.78, 5) is 48.5. The Kier molecular flexibility index (Phi) is 10.7. The number of carbonyl (C=O) groups is 3. The molecule has 8 heteroatoms. The Morgan fingerprint density at radius 3 is 2.43 bits per heavy atom. The topological polar surface area (TPSA) is 90.4 Å². The molecule has 42 heavy (non-hydrogen) atoms. The molecule has 0 aromatic heterocycles. The molecule has 3 heterocycles. The number of unbranched alkanes of at least 4 members (excludes halogenated alkanes) is 2. The van der Waals surface area contributed by atoms with Crippen LogP contribution >= 0.6 is 0 Å². The predicted molar refractivity (Wildman–Crippen MR) is 163 cm³/mol. The molecule has 1 N–H and O–H groups in total. The van der Waals surface area contributed by atoms with Gasteiger partial charge >= 0.3 is 0 Å². The van der Waals surface area contributed by atoms with Gasteiger partial charge in [-0.1, -0.05) is 82.5 Å². The van der Waals surface area contributed by atoms with Gasteiger partial charge in [0, 0.05) is 26.2 Å². The number of nitrogens with zero attached hydrogens (tertiary/aromatic N) is 3. The van der Waals surface area contributed by atoms with Gasteiger partial charge in [0.1, 0.15) is 11.6 Å². The Balaban J connectivity index is 1.74. The number of likely N-dealkylation sites (tertiary alicyclic amines) is 1. The highest BCUT2D eigenvalue weighted by atomic mass is 16.5. The average Bonchev–Trinajstić information content (AvgIpc) is 3.64. The van der Waals surface area contributed by atoms with Crippen molar-refractivity contribution >= 4 is 17.7 Å². The second-order valence-corrected chi connectivity index (χ2v) is 12.2. The molecule has 3 aliphatic rings. The van der Waals surface area contributed by atoms with Gasteiger partial charge in [0.25, 0.3) is 0 Å². The molecule has 3 amide bonds. The molecule has 3 saturated heterocycles. The van der Waals surface area contributed by atoms with E-state index >= 15 is 0 Å². The minimum absolute atomic E-state index is 0.0425. The number of aliphatic hydroxyl groups is 1. The number of aliphatic hydroxyl groups excluding tert-OH is 1. The zero-order valence-corrected chi connectivity index (χ0v) is 25.6. The van der Waals surface area contributed by atoms with E-state index in [0.717, 1.165) is 31.2 Å². The third-order valence-electron chi connectivity index (χ3n) is 9.67. The predicted octanol–water partition coefficient (Wildman–Crippen LogP) is 4.19. The summed E-state index contributed by atoms with van der Waals surface area (Å²) in [6, 6.07) is 8.32. The first-order chi connectivity index (χ1) is 20.3. The fourth-order valence-electron chi connectivity index (χ4n) is 7.40. The number of hydrogen-bond acceptors (Lipinski definition) is 5. The smallest absolute Gasteiger partial charge is 0.248 e. The number of benzene rings is 1. The summed E-state index contributed by atoms with van der Waals surface area (Å²) >= 11 is 0. The highest BCUT2D eigenvalue weighted by Crippen LogP contribution is 2.59. The minimum Gasteiger partial charge on any atom is -0.394 e. The molecule has 3 fully saturated rings. The first-order valence-corrected chi connectivity index (χ1v) is 15.7. The largest absolute Gasteiger partial charge is 0.394 e. The second kappa shape index (κ2) is 14.0. The van der Waals surface area contributed by atoms with Crippen molar-refractivity contribution in [2.45, 2.75) is 89.6 Å². The lowest BCUT2D eigenvalue weighted by atomic mass is 9.70. The molecule has 1 aromatic carbocycles. The SMILES string of the molecule is C=CCN(CCCCC)C(=O)C1N([C@@H](CO)[C@@H](C)CC)C(=O)[C@@H]2[C@H](C(=O)N(CC=C)Cc3ccccc3)[C@@H]3CCC12O3. The van der Waals surface area contributed by atoms with E-state index in [4.69, 9.17) is 4.74 Å². The van der Waals surface area contributed by atoms with Crippen LogP contribution in [0.25, 0.3) is 0 Å². The molecule has 230 valence electrons. The van der Waals surface area contributed by atoms with Gasteiger partial charge in [-0.3, -0.25) is 14.4 Å². The summed E-state index contributed by atoms with van der Waals surface area (Å²) in [5.74, 6) is -2.09. The van der Waals surface area contributed by atoms with Crippen LogP contribution < -0.4 is 0 Å². The van der Waals surface area contributed by atoms with Crippen LogP contribution in [0.5, 0.6) is 0 Å². The average molecular weight is 580 g/mol. The van der Waals surface area contributed by atoms with Crippen molar-refractivity contribution in [2.24, 2.45) is 17.8 Å². The van der Waals surface area contributed by atoms with E-state index in [1.807, 2.05) is 44.2 Å². The highest BCUT2D eigenvalue weighted by molar-refractivity contribution is 5.99. The maximum absolute atomic E-state index is 14.6. The summed E-state index contributed by atoms with van der Waals surface area (Å²) in [7, 11) is 0. The lowest BCUT2D eigenvalue weighted by molar-refractivity contribution is -0.153. The van der Waals surface area contributed by atoms with Crippen LogP contribution in [-0.4, -0.2) is 87.6 Å². The van der Waals surface area contributed by atoms with Crippen molar-refractivity contribution in [1.29, 1.82) is 0 Å². The van der Waals surface area contributed by atoms with E-state index in [1.54, 1.807) is 26.9 Å². The lowest BCUT2D eigenvalue weighted by Crippen LogP contribution is -2.59. The van der Waals surface area contributed by atoms with Crippen LogP contribution in [0, 0.1) is 17.8 Å². The van der Waals surface area contributed by atoms with Crippen molar-refractivity contribution in [2.75, 3.05) is 26.2 Å². The summed E-state index contributed by atoms with van der Waals surface area (Å²) in [6.07, 6.45) is 7.72. The van der Waals surface area contributed by atoms with Crippen molar-refractivity contribution in [1.82, 2.24) is 14.7 Å². The molecular formula is C34H49N3O5. The standard InChI is InChI=1S/C34H49N3O5/c1-6-10-14-21-35(19-7-2)33(41)30-34-18-17-27(42-34)28(29(34)32(40)37(30)26(23-38)24(5)9-4)31(39)36(20-8-3)22-25-15-12-11-13-16-25/h7-8,11-13,15-16,24,26-30,38H,2-3,6,9-10,14,17-23H2,1,4-5H3/t24-,26-,27-,28+,29-,30?,34?/m0/s1. The molecule has 1 aromatic rings. The summed E-state index contributed by atoms with van der Waals surface area (Å²) in [5, 5.41) is 10.6. The van der Waals surface area contributed by atoms with Gasteiger partial charge in [0.2, 0.25) is 17.7 Å². The molecule has 0 aliphatic carbocycles. The summed E-state index contributed by atoms with van der Waals surface area (Å²) in [5.41, 5.74) is -0.111. The van der Waals surface area contributed by atoms with E-state index < -0.39 is 35.6 Å². The van der Waals surface area contributed by atoms with Crippen LogP contribution in [-0.2, 0) is 25.7 Å². The Hall–Kier alpha value is -2.97. The zero-order chi connectivity index (χ0) is 30.4. The van der Waals surface area contributed by atoms with Gasteiger partial charge in [-0.05, 0) is 30.7 Å². The number of amides is 3. The van der Waals surface area contributed by atoms with Gasteiger partial charge in [-0.25, -0.2) is 0 Å². The molecule has 8 nitrogen and oxygen atoms in total. The van der Waals surface area contributed by atoms with Crippen molar-refractivity contribution in [3.8, 4) is 0 Å². The molecule has 1 spiro atoms. The van der Waals surface area contributed by atoms with Crippen LogP contribution in [0.2, 0.25) is 0 Å². The number of fused-ring (bicyclic) bond motifs is 1. The van der Waals surface area contributed by atoms with Crippen LogP contribution in [0.1, 0.15) is 64.9 Å². The number of hydrogen-bond donors (Lipinski definition) is 1. The highest BCUT2D eigenvalue weighted by Gasteiger charge is 2.75. The second-order valence-electron chi connectivity index (χ2n) is 12.2. The molecule has 0 radical (unpaired) electrons. The fraction of sp³-hybridized carbons (Fsp3) is 0.618. The molecule has 4 rings (SSSR count). The number of rotatable bonds is 16. The molecule has 3 aliphatic heterocycles. The van der Waals surface area contributed by atoms with Gasteiger partial charge in [-0.2, -0.15) is 0 Å². The molecular weight excluding hydrogens is 530 g/mol. The Bertz CT molecular complexity index is 1130. The van der Waals surface area contributed by atoms with Gasteiger partial charge < -0.3 is 24.5 Å². The van der Waals surface area contributed by atoms with E-state index in [2.05, 4.69) is 20.1 Å². The van der Waals surface area contributed by atoms with Gasteiger partial charge in [-0.15, -0.1) is 13.2 Å². The Labute approximate surface area is 251 Å². The maximum atomic E-state index is 14.6. The van der Waals surface area contributed by atoms with Crippen molar-refractivity contribution < 1.29 is 24.2 Å². The summed E-state index contributed by atoms with van der Waals surface area (Å²) < 4.78 is 6.70.